The number of nitrogens with one attached hydrogen (secondary N) is 2. The molecule has 0 aliphatic carbocycles. The lowest BCUT2D eigenvalue weighted by atomic mass is 10.7. The van der Waals surface area contributed by atoms with Gasteiger partial charge in [-0.1, -0.05) is 0 Å². The second kappa shape index (κ2) is 11.6. The lowest BCUT2D eigenvalue weighted by Crippen LogP contribution is -2.19. The Bertz CT molecular complexity index is 78.1. The van der Waals surface area contributed by atoms with Crippen molar-refractivity contribution in [3.05, 3.63) is 0 Å². The van der Waals surface area contributed by atoms with Crippen LogP contribution in [0.3, 0.4) is 0 Å². The lowest BCUT2D eigenvalue weighted by Gasteiger charge is -1.91. The van der Waals surface area contributed by atoms with Crippen LogP contribution in [-0.4, -0.2) is 39.1 Å². The molecule has 0 saturated carbocycles. The highest BCUT2D eigenvalue weighted by atomic mass is 32.2. The van der Waals surface area contributed by atoms with Crippen LogP contribution >= 0.6 is 11.8 Å². The maximum atomic E-state index is 10.3. The van der Waals surface area contributed by atoms with Gasteiger partial charge in [0.2, 0.25) is 5.91 Å². The smallest absolute Gasteiger partial charge is 0.229 e. The highest BCUT2D eigenvalue weighted by Crippen LogP contribution is 1.87. The van der Waals surface area contributed by atoms with Crippen LogP contribution in [-0.2, 0) is 4.79 Å². The predicted octanol–water partition coefficient (Wildman–Crippen LogP) is -0.0690. The van der Waals surface area contributed by atoms with E-state index in [1.807, 2.05) is 20.4 Å². The summed E-state index contributed by atoms with van der Waals surface area (Å²) in [7, 11) is 5.39. The quantitative estimate of drug-likeness (QED) is 0.600. The zero-order valence-corrected chi connectivity index (χ0v) is 7.84. The molecular formula is C6H16N2OS. The Morgan fingerprint density at radius 3 is 1.90 bits per heavy atom. The van der Waals surface area contributed by atoms with E-state index in [9.17, 15) is 4.79 Å². The molecule has 0 aliphatic heterocycles. The van der Waals surface area contributed by atoms with Gasteiger partial charge in [0.25, 0.3) is 0 Å². The molecule has 1 amide bonds. The largest absolute Gasteiger partial charge is 0.358 e. The van der Waals surface area contributed by atoms with Crippen molar-refractivity contribution >= 4 is 17.7 Å². The number of rotatable bonds is 2. The molecule has 0 fully saturated rings. The first-order chi connectivity index (χ1) is 4.72. The number of carbonyl (C=O) groups excluding carboxylic acids is 1. The van der Waals surface area contributed by atoms with E-state index < -0.39 is 0 Å². The molecule has 0 spiro atoms. The van der Waals surface area contributed by atoms with E-state index in [0.717, 1.165) is 0 Å². The summed E-state index contributed by atoms with van der Waals surface area (Å²) in [6, 6.07) is 0. The Balaban J connectivity index is 0. The Labute approximate surface area is 67.0 Å². The van der Waals surface area contributed by atoms with Gasteiger partial charge in [-0.3, -0.25) is 4.79 Å². The molecule has 3 nitrogen and oxygen atoms in total. The predicted molar refractivity (Wildman–Crippen MR) is 47.4 cm³/mol. The summed E-state index contributed by atoms with van der Waals surface area (Å²) < 4.78 is 0. The second-order valence-corrected chi connectivity index (χ2v) is 2.47. The van der Waals surface area contributed by atoms with Gasteiger partial charge in [0, 0.05) is 7.05 Å². The minimum atomic E-state index is 0.0903. The first kappa shape index (κ1) is 12.5. The SMILES string of the molecule is CNC.CNC(=O)CSC. The maximum Gasteiger partial charge on any atom is 0.229 e. The number of amides is 1. The van der Waals surface area contributed by atoms with Gasteiger partial charge in [-0.15, -0.1) is 0 Å². The van der Waals surface area contributed by atoms with E-state index in [4.69, 9.17) is 0 Å². The van der Waals surface area contributed by atoms with Gasteiger partial charge in [0.15, 0.2) is 0 Å². The van der Waals surface area contributed by atoms with Gasteiger partial charge in [0.05, 0.1) is 5.75 Å². The van der Waals surface area contributed by atoms with Gasteiger partial charge in [-0.05, 0) is 20.4 Å². The van der Waals surface area contributed by atoms with Gasteiger partial charge in [-0.25, -0.2) is 0 Å². The molecule has 0 aromatic rings. The molecule has 0 aromatic carbocycles. The van der Waals surface area contributed by atoms with E-state index in [-0.39, 0.29) is 5.91 Å². The summed E-state index contributed by atoms with van der Waals surface area (Å²) in [4.78, 5) is 10.3. The first-order valence-electron chi connectivity index (χ1n) is 3.00. The summed E-state index contributed by atoms with van der Waals surface area (Å²) in [5.74, 6) is 0.656. The van der Waals surface area contributed by atoms with E-state index in [1.165, 1.54) is 11.8 Å². The van der Waals surface area contributed by atoms with E-state index in [2.05, 4.69) is 10.6 Å². The van der Waals surface area contributed by atoms with Crippen molar-refractivity contribution in [2.24, 2.45) is 0 Å². The zero-order valence-electron chi connectivity index (χ0n) is 7.02. The molecule has 2 N–H and O–H groups in total. The fraction of sp³-hybridized carbons (Fsp3) is 0.833. The van der Waals surface area contributed by atoms with Gasteiger partial charge < -0.3 is 10.6 Å². The van der Waals surface area contributed by atoms with Crippen LogP contribution in [0.15, 0.2) is 0 Å². The Morgan fingerprint density at radius 2 is 1.80 bits per heavy atom. The van der Waals surface area contributed by atoms with Crippen LogP contribution in [0.4, 0.5) is 0 Å². The number of thioether (sulfide) groups is 1. The number of carbonyl (C=O) groups is 1. The van der Waals surface area contributed by atoms with Gasteiger partial charge in [0.1, 0.15) is 0 Å². The molecule has 0 radical (unpaired) electrons. The van der Waals surface area contributed by atoms with Gasteiger partial charge >= 0.3 is 0 Å². The lowest BCUT2D eigenvalue weighted by molar-refractivity contribution is -0.118. The Kier molecular flexibility index (Phi) is 14.4. The number of hydrogen-bond donors (Lipinski definition) is 2. The standard InChI is InChI=1S/C4H9NOS.C2H7N/c1-5-4(6)3-7-2;1-3-2/h3H2,1-2H3,(H,5,6);3H,1-2H3. The molecule has 0 aliphatic rings. The molecule has 62 valence electrons. The average molecular weight is 164 g/mol. The molecular weight excluding hydrogens is 148 g/mol. The maximum absolute atomic E-state index is 10.3. The molecule has 4 heteroatoms. The third-order valence-electron chi connectivity index (χ3n) is 0.554. The van der Waals surface area contributed by atoms with Crippen molar-refractivity contribution < 1.29 is 4.79 Å². The van der Waals surface area contributed by atoms with Gasteiger partial charge in [-0.2, -0.15) is 11.8 Å². The fourth-order valence-corrected chi connectivity index (χ4v) is 0.610. The van der Waals surface area contributed by atoms with Crippen LogP contribution in [0.1, 0.15) is 0 Å². The van der Waals surface area contributed by atoms with Crippen molar-refractivity contribution in [2.45, 2.75) is 0 Å². The second-order valence-electron chi connectivity index (χ2n) is 1.61. The summed E-state index contributed by atoms with van der Waals surface area (Å²) in [6.45, 7) is 0. The Morgan fingerprint density at radius 1 is 1.40 bits per heavy atom. The minimum Gasteiger partial charge on any atom is -0.358 e. The van der Waals surface area contributed by atoms with E-state index in [1.54, 1.807) is 7.05 Å². The number of hydrogen-bond acceptors (Lipinski definition) is 3. The third kappa shape index (κ3) is 15.7. The van der Waals surface area contributed by atoms with Crippen LogP contribution in [0.5, 0.6) is 0 Å². The first-order valence-corrected chi connectivity index (χ1v) is 4.40. The monoisotopic (exact) mass is 164 g/mol. The molecule has 0 atom stereocenters. The van der Waals surface area contributed by atoms with Crippen LogP contribution in [0.25, 0.3) is 0 Å². The van der Waals surface area contributed by atoms with E-state index >= 15 is 0 Å². The highest BCUT2D eigenvalue weighted by molar-refractivity contribution is 7.99. The topological polar surface area (TPSA) is 41.1 Å². The normalized spacial score (nSPS) is 7.60. The molecule has 10 heavy (non-hydrogen) atoms. The van der Waals surface area contributed by atoms with Crippen molar-refractivity contribution in [3.63, 3.8) is 0 Å². The van der Waals surface area contributed by atoms with Crippen molar-refractivity contribution in [3.8, 4) is 0 Å². The van der Waals surface area contributed by atoms with Crippen molar-refractivity contribution in [2.75, 3.05) is 33.2 Å². The molecule has 0 bridgehead atoms. The summed E-state index contributed by atoms with van der Waals surface area (Å²) in [5.41, 5.74) is 0. The molecule has 0 heterocycles. The third-order valence-corrected chi connectivity index (χ3v) is 1.11. The average Bonchev–Trinajstić information content (AvgIpc) is 1.90. The highest BCUT2D eigenvalue weighted by Gasteiger charge is 1.90. The molecule has 0 aromatic heterocycles. The van der Waals surface area contributed by atoms with Crippen LogP contribution in [0, 0.1) is 0 Å². The Hall–Kier alpha value is -0.220. The van der Waals surface area contributed by atoms with Crippen molar-refractivity contribution in [1.29, 1.82) is 0 Å². The van der Waals surface area contributed by atoms with E-state index in [0.29, 0.717) is 5.75 Å². The minimum absolute atomic E-state index is 0.0903. The molecule has 0 saturated heterocycles. The molecule has 0 rings (SSSR count). The summed E-state index contributed by atoms with van der Waals surface area (Å²) in [5, 5.41) is 5.26. The van der Waals surface area contributed by atoms with Crippen LogP contribution < -0.4 is 10.6 Å². The fourth-order valence-electron chi connectivity index (χ4n) is 0.203. The van der Waals surface area contributed by atoms with Crippen molar-refractivity contribution in [1.82, 2.24) is 10.6 Å². The molecule has 0 unspecified atom stereocenters. The zero-order chi connectivity index (χ0) is 8.41. The summed E-state index contributed by atoms with van der Waals surface area (Å²) in [6.07, 6.45) is 1.90. The van der Waals surface area contributed by atoms with Crippen LogP contribution in [0.2, 0.25) is 0 Å². The summed E-state index contributed by atoms with van der Waals surface area (Å²) >= 11 is 1.52.